The highest BCUT2D eigenvalue weighted by Gasteiger charge is 2.28. The van der Waals surface area contributed by atoms with Crippen molar-refractivity contribution in [2.75, 3.05) is 6.61 Å². The largest absolute Gasteiger partial charge is 0.490 e. The molecule has 0 unspecified atom stereocenters. The molecule has 7 heteroatoms. The molecule has 0 saturated heterocycles. The summed E-state index contributed by atoms with van der Waals surface area (Å²) in [4.78, 5) is 21.5. The fourth-order valence-corrected chi connectivity index (χ4v) is 2.75. The minimum Gasteiger partial charge on any atom is -0.490 e. The molecule has 0 aliphatic heterocycles. The second kappa shape index (κ2) is 7.09. The van der Waals surface area contributed by atoms with Gasteiger partial charge in [-0.2, -0.15) is 0 Å². The Balaban J connectivity index is 2.95. The van der Waals surface area contributed by atoms with Crippen molar-refractivity contribution < 1.29 is 24.5 Å². The molecule has 114 valence electrons. The van der Waals surface area contributed by atoms with Gasteiger partial charge in [0.15, 0.2) is 0 Å². The molecule has 0 radical (unpaired) electrons. The molecule has 0 aliphatic carbocycles. The van der Waals surface area contributed by atoms with Crippen LogP contribution in [0.1, 0.15) is 19.4 Å². The van der Waals surface area contributed by atoms with E-state index in [0.717, 1.165) is 6.08 Å². The van der Waals surface area contributed by atoms with Crippen LogP contribution in [0.2, 0.25) is 0 Å². The third kappa shape index (κ3) is 5.17. The van der Waals surface area contributed by atoms with E-state index < -0.39 is 17.4 Å². The van der Waals surface area contributed by atoms with Crippen LogP contribution in [0, 0.1) is 5.41 Å². The summed E-state index contributed by atoms with van der Waals surface area (Å²) in [5.74, 6) is -1.52. The first-order chi connectivity index (χ1) is 9.63. The minimum atomic E-state index is -1.04. The van der Waals surface area contributed by atoms with Crippen molar-refractivity contribution in [1.82, 2.24) is 0 Å². The Bertz CT molecular complexity index is 570. The molecule has 0 amide bonds. The highest BCUT2D eigenvalue weighted by Crippen LogP contribution is 2.36. The van der Waals surface area contributed by atoms with Gasteiger partial charge in [-0.3, -0.25) is 4.79 Å². The first kappa shape index (κ1) is 17.7. The van der Waals surface area contributed by atoms with Gasteiger partial charge in [0.1, 0.15) is 12.4 Å². The van der Waals surface area contributed by atoms with E-state index in [2.05, 4.69) is 31.9 Å². The van der Waals surface area contributed by atoms with E-state index in [4.69, 9.17) is 14.9 Å². The van der Waals surface area contributed by atoms with Gasteiger partial charge < -0.3 is 14.9 Å². The lowest BCUT2D eigenvalue weighted by atomic mass is 9.95. The number of aliphatic carboxylic acids is 2. The molecule has 5 nitrogen and oxygen atoms in total. The molecular weight excluding hydrogens is 408 g/mol. The molecular formula is C14H14Br2O5. The fraction of sp³-hybridized carbons (Fsp3) is 0.286. The van der Waals surface area contributed by atoms with Crippen LogP contribution >= 0.6 is 31.9 Å². The minimum absolute atomic E-state index is 0.00381. The molecule has 1 aromatic rings. The van der Waals surface area contributed by atoms with E-state index in [1.165, 1.54) is 6.08 Å². The first-order valence-corrected chi connectivity index (χ1v) is 7.48. The Morgan fingerprint density at radius 3 is 2.19 bits per heavy atom. The van der Waals surface area contributed by atoms with Crippen molar-refractivity contribution in [1.29, 1.82) is 0 Å². The predicted octanol–water partition coefficient (Wildman–Crippen LogP) is 3.80. The third-order valence-electron chi connectivity index (χ3n) is 2.60. The summed E-state index contributed by atoms with van der Waals surface area (Å²) in [6, 6.07) is 3.38. The van der Waals surface area contributed by atoms with Crippen LogP contribution in [0.3, 0.4) is 0 Å². The molecule has 2 N–H and O–H groups in total. The SMILES string of the molecule is CC(C)(COc1c(Br)cc(/C=C/C(=O)O)cc1Br)C(=O)O. The average molecular weight is 422 g/mol. The summed E-state index contributed by atoms with van der Waals surface area (Å²) < 4.78 is 6.76. The predicted molar refractivity (Wildman–Crippen MR) is 85.4 cm³/mol. The molecule has 0 fully saturated rings. The number of carbonyl (C=O) groups is 2. The van der Waals surface area contributed by atoms with Gasteiger partial charge in [0, 0.05) is 6.08 Å². The van der Waals surface area contributed by atoms with E-state index in [1.54, 1.807) is 26.0 Å². The molecule has 0 heterocycles. The summed E-state index contributed by atoms with van der Waals surface area (Å²) in [6.45, 7) is 3.14. The zero-order chi connectivity index (χ0) is 16.2. The van der Waals surface area contributed by atoms with E-state index in [9.17, 15) is 9.59 Å². The Kier molecular flexibility index (Phi) is 5.98. The molecule has 0 atom stereocenters. The topological polar surface area (TPSA) is 83.8 Å². The second-order valence-electron chi connectivity index (χ2n) is 4.96. The molecule has 0 saturated carbocycles. The Hall–Kier alpha value is -1.34. The Morgan fingerprint density at radius 2 is 1.76 bits per heavy atom. The number of carboxylic acid groups (broad SMARTS) is 2. The second-order valence-corrected chi connectivity index (χ2v) is 6.67. The van der Waals surface area contributed by atoms with E-state index >= 15 is 0 Å². The molecule has 0 spiro atoms. The monoisotopic (exact) mass is 420 g/mol. The fourth-order valence-electron chi connectivity index (χ4n) is 1.30. The van der Waals surface area contributed by atoms with Gasteiger partial charge in [-0.1, -0.05) is 0 Å². The number of halogens is 2. The van der Waals surface area contributed by atoms with E-state index in [0.29, 0.717) is 20.3 Å². The van der Waals surface area contributed by atoms with Gasteiger partial charge in [-0.05, 0) is 69.5 Å². The lowest BCUT2D eigenvalue weighted by Gasteiger charge is -2.20. The maximum Gasteiger partial charge on any atom is 0.328 e. The summed E-state index contributed by atoms with van der Waals surface area (Å²) >= 11 is 6.65. The number of carboxylic acids is 2. The Labute approximate surface area is 138 Å². The quantitative estimate of drug-likeness (QED) is 0.682. The van der Waals surface area contributed by atoms with Gasteiger partial charge in [0.25, 0.3) is 0 Å². The van der Waals surface area contributed by atoms with E-state index in [1.807, 2.05) is 0 Å². The highest BCUT2D eigenvalue weighted by molar-refractivity contribution is 9.11. The van der Waals surface area contributed by atoms with Gasteiger partial charge in [-0.15, -0.1) is 0 Å². The van der Waals surface area contributed by atoms with Gasteiger partial charge in [0.2, 0.25) is 0 Å². The third-order valence-corrected chi connectivity index (χ3v) is 3.77. The van der Waals surface area contributed by atoms with Crippen LogP contribution in [0.5, 0.6) is 5.75 Å². The standard InChI is InChI=1S/C14H14Br2O5/c1-14(2,13(19)20)7-21-12-9(15)5-8(6-10(12)16)3-4-11(17)18/h3-6H,7H2,1-2H3,(H,17,18)(H,19,20)/b4-3+. The molecule has 0 aliphatic rings. The zero-order valence-electron chi connectivity index (χ0n) is 11.4. The molecule has 0 aromatic heterocycles. The van der Waals surface area contributed by atoms with Gasteiger partial charge in [0.05, 0.1) is 14.4 Å². The summed E-state index contributed by atoms with van der Waals surface area (Å²) in [5.41, 5.74) is -0.346. The maximum absolute atomic E-state index is 11.0. The molecule has 0 bridgehead atoms. The van der Waals surface area contributed by atoms with Crippen molar-refractivity contribution in [3.63, 3.8) is 0 Å². The summed E-state index contributed by atoms with van der Waals surface area (Å²) in [7, 11) is 0. The number of benzene rings is 1. The summed E-state index contributed by atoms with van der Waals surface area (Å²) in [6.07, 6.45) is 2.48. The number of ether oxygens (including phenoxy) is 1. The highest BCUT2D eigenvalue weighted by atomic mass is 79.9. The van der Waals surface area contributed by atoms with Crippen LogP contribution in [-0.4, -0.2) is 28.8 Å². The molecule has 1 rings (SSSR count). The maximum atomic E-state index is 11.0. The van der Waals surface area contributed by atoms with Crippen molar-refractivity contribution >= 4 is 49.9 Å². The number of hydrogen-bond acceptors (Lipinski definition) is 3. The summed E-state index contributed by atoms with van der Waals surface area (Å²) in [5, 5.41) is 17.7. The lowest BCUT2D eigenvalue weighted by molar-refractivity contribution is -0.148. The zero-order valence-corrected chi connectivity index (χ0v) is 14.6. The van der Waals surface area contributed by atoms with Crippen molar-refractivity contribution in [2.45, 2.75) is 13.8 Å². The van der Waals surface area contributed by atoms with Crippen LogP contribution in [0.4, 0.5) is 0 Å². The van der Waals surface area contributed by atoms with Gasteiger partial charge in [-0.25, -0.2) is 4.79 Å². The number of hydrogen-bond donors (Lipinski definition) is 2. The smallest absolute Gasteiger partial charge is 0.328 e. The number of rotatable bonds is 6. The van der Waals surface area contributed by atoms with Gasteiger partial charge >= 0.3 is 11.9 Å². The average Bonchev–Trinajstić information content (AvgIpc) is 2.35. The van der Waals surface area contributed by atoms with Crippen LogP contribution in [0.25, 0.3) is 6.08 Å². The first-order valence-electron chi connectivity index (χ1n) is 5.90. The molecule has 1 aromatic carbocycles. The molecule has 21 heavy (non-hydrogen) atoms. The van der Waals surface area contributed by atoms with Crippen molar-refractivity contribution in [3.8, 4) is 5.75 Å². The Morgan fingerprint density at radius 1 is 1.24 bits per heavy atom. The van der Waals surface area contributed by atoms with Crippen LogP contribution < -0.4 is 4.74 Å². The van der Waals surface area contributed by atoms with Crippen molar-refractivity contribution in [2.24, 2.45) is 5.41 Å². The van der Waals surface area contributed by atoms with Crippen LogP contribution in [0.15, 0.2) is 27.2 Å². The van der Waals surface area contributed by atoms with Crippen molar-refractivity contribution in [3.05, 3.63) is 32.7 Å². The lowest BCUT2D eigenvalue weighted by Crippen LogP contribution is -2.30. The van der Waals surface area contributed by atoms with Crippen LogP contribution in [-0.2, 0) is 9.59 Å². The normalized spacial score (nSPS) is 11.6. The van der Waals surface area contributed by atoms with E-state index in [-0.39, 0.29) is 6.61 Å².